The zero-order valence-corrected chi connectivity index (χ0v) is 14.7. The second-order valence-corrected chi connectivity index (χ2v) is 5.24. The Bertz CT molecular complexity index is 550. The zero-order chi connectivity index (χ0) is 16.8. The highest BCUT2D eigenvalue weighted by molar-refractivity contribution is 5.35. The van der Waals surface area contributed by atoms with Crippen molar-refractivity contribution in [3.05, 3.63) is 82.2 Å². The molecule has 1 heteroatoms. The fourth-order valence-corrected chi connectivity index (χ4v) is 2.04. The topological polar surface area (TPSA) is 4.36 Å². The van der Waals surface area contributed by atoms with Gasteiger partial charge in [0.15, 0.2) is 0 Å². The van der Waals surface area contributed by atoms with E-state index in [0.29, 0.717) is 6.54 Å². The van der Waals surface area contributed by atoms with Crippen molar-refractivity contribution >= 4 is 0 Å². The van der Waals surface area contributed by atoms with Crippen molar-refractivity contribution in [3.8, 4) is 0 Å². The van der Waals surface area contributed by atoms with Crippen LogP contribution in [0, 0.1) is 20.4 Å². The molecule has 0 N–H and O–H groups in total. The van der Waals surface area contributed by atoms with Crippen molar-refractivity contribution in [2.24, 2.45) is 0 Å². The summed E-state index contributed by atoms with van der Waals surface area (Å²) in [6, 6.07) is 16.4. The van der Waals surface area contributed by atoms with Gasteiger partial charge in [0.1, 0.15) is 0 Å². The minimum Gasteiger partial charge on any atom is -0.312 e. The first-order valence-corrected chi connectivity index (χ1v) is 8.02. The van der Waals surface area contributed by atoms with Gasteiger partial charge in [0.25, 0.3) is 0 Å². The van der Waals surface area contributed by atoms with E-state index in [9.17, 15) is 0 Å². The van der Waals surface area contributed by atoms with Crippen molar-refractivity contribution in [3.63, 3.8) is 0 Å². The highest BCUT2D eigenvalue weighted by Crippen LogP contribution is 2.15. The molecule has 2 aromatic carbocycles. The van der Waals surface area contributed by atoms with Gasteiger partial charge < -0.3 is 4.85 Å². The molecule has 2 rings (SSSR count). The maximum absolute atomic E-state index is 6.81. The summed E-state index contributed by atoms with van der Waals surface area (Å²) in [5.41, 5.74) is 5.15. The van der Waals surface area contributed by atoms with Crippen LogP contribution < -0.4 is 0 Å². The predicted octanol–water partition coefficient (Wildman–Crippen LogP) is 6.39. The summed E-state index contributed by atoms with van der Waals surface area (Å²) in [5, 5.41) is 0. The Hall–Kier alpha value is -2.07. The van der Waals surface area contributed by atoms with E-state index in [1.807, 2.05) is 30.3 Å². The third-order valence-electron chi connectivity index (χ3n) is 3.05. The van der Waals surface area contributed by atoms with E-state index in [1.54, 1.807) is 0 Å². The highest BCUT2D eigenvalue weighted by atomic mass is 14.6. The normalized spacial score (nSPS) is 8.73. The first-order valence-electron chi connectivity index (χ1n) is 8.02. The molecule has 22 heavy (non-hydrogen) atoms. The number of hydrogen-bond acceptors (Lipinski definition) is 0. The SMILES string of the molecule is CCC.Cc1ccccc1.[C-]#[N+]Cc1cccc(C)c1CC. The first-order chi connectivity index (χ1) is 10.6. The quantitative estimate of drug-likeness (QED) is 0.565. The monoisotopic (exact) mass is 295 g/mol. The van der Waals surface area contributed by atoms with Crippen LogP contribution in [0.25, 0.3) is 4.85 Å². The summed E-state index contributed by atoms with van der Waals surface area (Å²) in [6.45, 7) is 17.9. The molecule has 0 aliphatic heterocycles. The van der Waals surface area contributed by atoms with Crippen LogP contribution in [0.4, 0.5) is 0 Å². The zero-order valence-electron chi connectivity index (χ0n) is 14.7. The van der Waals surface area contributed by atoms with E-state index in [-0.39, 0.29) is 0 Å². The Labute approximate surface area is 136 Å². The van der Waals surface area contributed by atoms with Crippen molar-refractivity contribution in [1.82, 2.24) is 0 Å². The predicted molar refractivity (Wildman–Crippen MR) is 98.0 cm³/mol. The highest BCUT2D eigenvalue weighted by Gasteiger charge is 2.04. The molecule has 1 nitrogen and oxygen atoms in total. The Kier molecular flexibility index (Phi) is 11.5. The molecule has 0 aliphatic rings. The summed E-state index contributed by atoms with van der Waals surface area (Å²) in [4.78, 5) is 3.41. The molecule has 0 fully saturated rings. The number of rotatable bonds is 2. The lowest BCUT2D eigenvalue weighted by Gasteiger charge is -2.05. The van der Waals surface area contributed by atoms with Gasteiger partial charge in [-0.15, -0.1) is 0 Å². The van der Waals surface area contributed by atoms with Crippen LogP contribution in [-0.4, -0.2) is 0 Å². The van der Waals surface area contributed by atoms with Crippen LogP contribution in [0.5, 0.6) is 0 Å². The molecule has 0 saturated heterocycles. The standard InChI is InChI=1S/C11H13N.C7H8.C3H8/c1-4-11-9(2)6-5-7-10(11)8-12-3;1-7-5-3-2-4-6-7;1-3-2/h5-7H,4,8H2,1-2H3;2-6H,1H3;3H2,1-2H3. The van der Waals surface area contributed by atoms with Gasteiger partial charge in [0.05, 0.1) is 0 Å². The lowest BCUT2D eigenvalue weighted by Crippen LogP contribution is -1.93. The minimum atomic E-state index is 0.519. The van der Waals surface area contributed by atoms with Gasteiger partial charge in [-0.3, -0.25) is 0 Å². The Morgan fingerprint density at radius 2 is 1.45 bits per heavy atom. The largest absolute Gasteiger partial charge is 0.312 e. The molecule has 0 spiro atoms. The van der Waals surface area contributed by atoms with E-state index >= 15 is 0 Å². The fourth-order valence-electron chi connectivity index (χ4n) is 2.04. The Morgan fingerprint density at radius 3 is 1.86 bits per heavy atom. The molecule has 2 aromatic rings. The Morgan fingerprint density at radius 1 is 0.864 bits per heavy atom. The molecule has 0 bridgehead atoms. The second-order valence-electron chi connectivity index (χ2n) is 5.24. The van der Waals surface area contributed by atoms with E-state index in [0.717, 1.165) is 6.42 Å². The van der Waals surface area contributed by atoms with Gasteiger partial charge in [0.2, 0.25) is 6.54 Å². The van der Waals surface area contributed by atoms with E-state index in [1.165, 1.54) is 28.7 Å². The third-order valence-corrected chi connectivity index (χ3v) is 3.05. The smallest absolute Gasteiger partial charge is 0.240 e. The fraction of sp³-hybridized carbons (Fsp3) is 0.381. The van der Waals surface area contributed by atoms with Gasteiger partial charge in [-0.25, -0.2) is 6.57 Å². The van der Waals surface area contributed by atoms with E-state index < -0.39 is 0 Å². The summed E-state index contributed by atoms with van der Waals surface area (Å²) >= 11 is 0. The van der Waals surface area contributed by atoms with Crippen LogP contribution in [0.3, 0.4) is 0 Å². The van der Waals surface area contributed by atoms with Crippen molar-refractivity contribution in [1.29, 1.82) is 0 Å². The Balaban J connectivity index is 0.000000372. The lowest BCUT2D eigenvalue weighted by molar-refractivity contribution is 1.05. The first kappa shape index (κ1) is 19.9. The maximum atomic E-state index is 6.81. The number of hydrogen-bond donors (Lipinski definition) is 0. The average molecular weight is 295 g/mol. The van der Waals surface area contributed by atoms with Gasteiger partial charge in [-0.2, -0.15) is 0 Å². The molecule has 0 aromatic heterocycles. The van der Waals surface area contributed by atoms with Gasteiger partial charge in [-0.1, -0.05) is 81.3 Å². The third kappa shape index (κ3) is 8.27. The van der Waals surface area contributed by atoms with E-state index in [4.69, 9.17) is 6.57 Å². The molecule has 0 unspecified atom stereocenters. The summed E-state index contributed by atoms with van der Waals surface area (Å²) < 4.78 is 0. The van der Waals surface area contributed by atoms with Gasteiger partial charge in [0, 0.05) is 5.56 Å². The maximum Gasteiger partial charge on any atom is 0.240 e. The molecule has 0 atom stereocenters. The van der Waals surface area contributed by atoms with Crippen LogP contribution in [0.15, 0.2) is 48.5 Å². The van der Waals surface area contributed by atoms with E-state index in [2.05, 4.69) is 57.7 Å². The van der Waals surface area contributed by atoms with Crippen molar-refractivity contribution in [2.45, 2.75) is 54.0 Å². The number of nitrogens with zero attached hydrogens (tertiary/aromatic N) is 1. The molecule has 0 radical (unpaired) electrons. The minimum absolute atomic E-state index is 0.519. The van der Waals surface area contributed by atoms with Gasteiger partial charge >= 0.3 is 0 Å². The summed E-state index contributed by atoms with van der Waals surface area (Å²) in [7, 11) is 0. The van der Waals surface area contributed by atoms with Crippen LogP contribution >= 0.6 is 0 Å². The second kappa shape index (κ2) is 12.7. The molecule has 0 heterocycles. The molecule has 0 aliphatic carbocycles. The average Bonchev–Trinajstić information content (AvgIpc) is 2.50. The summed E-state index contributed by atoms with van der Waals surface area (Å²) in [6.07, 6.45) is 2.28. The van der Waals surface area contributed by atoms with Crippen LogP contribution in [0.2, 0.25) is 0 Å². The molecular weight excluding hydrogens is 266 g/mol. The lowest BCUT2D eigenvalue weighted by atomic mass is 10.00. The van der Waals surface area contributed by atoms with Gasteiger partial charge in [-0.05, 0) is 31.4 Å². The van der Waals surface area contributed by atoms with Crippen molar-refractivity contribution < 1.29 is 0 Å². The summed E-state index contributed by atoms with van der Waals surface area (Å²) in [5.74, 6) is 0. The molecule has 0 saturated carbocycles. The number of benzene rings is 2. The molecule has 118 valence electrons. The molecule has 0 amide bonds. The van der Waals surface area contributed by atoms with Crippen LogP contribution in [0.1, 0.15) is 49.4 Å². The van der Waals surface area contributed by atoms with Crippen LogP contribution in [-0.2, 0) is 13.0 Å². The van der Waals surface area contributed by atoms with Crippen molar-refractivity contribution in [2.75, 3.05) is 0 Å². The number of aryl methyl sites for hydroxylation is 2. The molecular formula is C21H29N.